The molecule has 0 bridgehead atoms. The highest BCUT2D eigenvalue weighted by Crippen LogP contribution is 2.31. The monoisotopic (exact) mass is 390 g/mol. The molecule has 0 saturated heterocycles. The van der Waals surface area contributed by atoms with Gasteiger partial charge in [-0.2, -0.15) is 0 Å². The summed E-state index contributed by atoms with van der Waals surface area (Å²) < 4.78 is 0.832. The van der Waals surface area contributed by atoms with Crippen LogP contribution in [0.2, 0.25) is 0 Å². The molecule has 1 atom stereocenters. The molecule has 140 valence electrons. The van der Waals surface area contributed by atoms with Crippen LogP contribution >= 0.6 is 23.1 Å². The SMILES string of the molecule is CC(Sc1nnc(NCc2ccccc2)s1)C(=O)N(C)C1CCCCC1. The van der Waals surface area contributed by atoms with Crippen molar-refractivity contribution in [2.24, 2.45) is 0 Å². The molecule has 1 amide bonds. The van der Waals surface area contributed by atoms with E-state index in [1.54, 1.807) is 0 Å². The van der Waals surface area contributed by atoms with E-state index in [0.717, 1.165) is 28.9 Å². The molecule has 26 heavy (non-hydrogen) atoms. The van der Waals surface area contributed by atoms with Crippen LogP contribution in [0, 0.1) is 0 Å². The maximum atomic E-state index is 12.7. The van der Waals surface area contributed by atoms with E-state index in [1.165, 1.54) is 47.9 Å². The summed E-state index contributed by atoms with van der Waals surface area (Å²) in [6, 6.07) is 10.6. The van der Waals surface area contributed by atoms with Gasteiger partial charge in [-0.25, -0.2) is 0 Å². The molecule has 1 aromatic carbocycles. The molecule has 1 unspecified atom stereocenters. The molecule has 1 fully saturated rings. The van der Waals surface area contributed by atoms with Crippen molar-refractivity contribution in [2.45, 2.75) is 61.2 Å². The Bertz CT molecular complexity index is 701. The van der Waals surface area contributed by atoms with Crippen LogP contribution in [-0.2, 0) is 11.3 Å². The van der Waals surface area contributed by atoms with Gasteiger partial charge in [0, 0.05) is 19.6 Å². The molecule has 1 aromatic heterocycles. The standard InChI is InChI=1S/C19H26N4OS2/c1-14(17(24)23(2)16-11-7-4-8-12-16)25-19-22-21-18(26-19)20-13-15-9-5-3-6-10-15/h3,5-6,9-10,14,16H,4,7-8,11-13H2,1-2H3,(H,20,21). The van der Waals surface area contributed by atoms with Crippen molar-refractivity contribution in [3.63, 3.8) is 0 Å². The van der Waals surface area contributed by atoms with Crippen molar-refractivity contribution in [3.05, 3.63) is 35.9 Å². The molecule has 1 saturated carbocycles. The topological polar surface area (TPSA) is 58.1 Å². The summed E-state index contributed by atoms with van der Waals surface area (Å²) >= 11 is 3.00. The van der Waals surface area contributed by atoms with Crippen LogP contribution in [0.1, 0.15) is 44.6 Å². The van der Waals surface area contributed by atoms with E-state index in [-0.39, 0.29) is 11.2 Å². The molecule has 1 aliphatic rings. The van der Waals surface area contributed by atoms with Crippen molar-refractivity contribution in [1.29, 1.82) is 0 Å². The highest BCUT2D eigenvalue weighted by atomic mass is 32.2. The summed E-state index contributed by atoms with van der Waals surface area (Å²) in [5, 5.41) is 12.4. The van der Waals surface area contributed by atoms with Gasteiger partial charge in [0.05, 0.1) is 5.25 Å². The van der Waals surface area contributed by atoms with Crippen LogP contribution in [0.25, 0.3) is 0 Å². The number of nitrogens with zero attached hydrogens (tertiary/aromatic N) is 3. The van der Waals surface area contributed by atoms with Gasteiger partial charge < -0.3 is 10.2 Å². The van der Waals surface area contributed by atoms with Crippen LogP contribution in [0.15, 0.2) is 34.7 Å². The number of hydrogen-bond acceptors (Lipinski definition) is 6. The van der Waals surface area contributed by atoms with Gasteiger partial charge in [-0.05, 0) is 25.3 Å². The van der Waals surface area contributed by atoms with E-state index in [1.807, 2.05) is 37.1 Å². The van der Waals surface area contributed by atoms with Crippen molar-refractivity contribution in [3.8, 4) is 0 Å². The third-order valence-corrected chi connectivity index (χ3v) is 6.84. The number of rotatable bonds is 7. The number of benzene rings is 1. The lowest BCUT2D eigenvalue weighted by Gasteiger charge is -2.32. The lowest BCUT2D eigenvalue weighted by atomic mass is 9.94. The van der Waals surface area contributed by atoms with E-state index in [4.69, 9.17) is 0 Å². The molecule has 0 radical (unpaired) electrons. The molecule has 1 aliphatic carbocycles. The fraction of sp³-hybridized carbons (Fsp3) is 0.526. The fourth-order valence-electron chi connectivity index (χ4n) is 3.24. The summed E-state index contributed by atoms with van der Waals surface area (Å²) in [5.74, 6) is 0.191. The average molecular weight is 391 g/mol. The van der Waals surface area contributed by atoms with Gasteiger partial charge in [0.25, 0.3) is 0 Å². The van der Waals surface area contributed by atoms with E-state index < -0.39 is 0 Å². The first-order valence-corrected chi connectivity index (χ1v) is 10.9. The van der Waals surface area contributed by atoms with Crippen LogP contribution in [0.5, 0.6) is 0 Å². The van der Waals surface area contributed by atoms with Crippen LogP contribution < -0.4 is 5.32 Å². The van der Waals surface area contributed by atoms with Crippen molar-refractivity contribution < 1.29 is 4.79 Å². The number of amides is 1. The molecule has 7 heteroatoms. The van der Waals surface area contributed by atoms with E-state index >= 15 is 0 Å². The Labute approximate surface area is 163 Å². The summed E-state index contributed by atoms with van der Waals surface area (Å²) in [7, 11) is 1.95. The Hall–Kier alpha value is -1.60. The van der Waals surface area contributed by atoms with Gasteiger partial charge in [0.2, 0.25) is 11.0 Å². The second-order valence-electron chi connectivity index (χ2n) is 6.71. The first kappa shape index (κ1) is 19.2. The van der Waals surface area contributed by atoms with Gasteiger partial charge >= 0.3 is 0 Å². The summed E-state index contributed by atoms with van der Waals surface area (Å²) in [5.41, 5.74) is 1.20. The van der Waals surface area contributed by atoms with Gasteiger partial charge in [-0.3, -0.25) is 4.79 Å². The third-order valence-electron chi connectivity index (χ3n) is 4.79. The lowest BCUT2D eigenvalue weighted by molar-refractivity contribution is -0.131. The van der Waals surface area contributed by atoms with Gasteiger partial charge in [-0.15, -0.1) is 10.2 Å². The highest BCUT2D eigenvalue weighted by Gasteiger charge is 2.26. The second-order valence-corrected chi connectivity index (χ2v) is 9.28. The normalized spacial score (nSPS) is 16.2. The molecular weight excluding hydrogens is 364 g/mol. The zero-order valence-corrected chi connectivity index (χ0v) is 17.0. The smallest absolute Gasteiger partial charge is 0.235 e. The Morgan fingerprint density at radius 2 is 2.00 bits per heavy atom. The molecule has 1 N–H and O–H groups in total. The maximum Gasteiger partial charge on any atom is 0.235 e. The Balaban J connectivity index is 1.50. The zero-order valence-electron chi connectivity index (χ0n) is 15.4. The molecule has 0 aliphatic heterocycles. The van der Waals surface area contributed by atoms with Crippen molar-refractivity contribution >= 4 is 34.1 Å². The number of carbonyl (C=O) groups is 1. The largest absolute Gasteiger partial charge is 0.356 e. The van der Waals surface area contributed by atoms with E-state index in [0.29, 0.717) is 6.04 Å². The minimum Gasteiger partial charge on any atom is -0.356 e. The Morgan fingerprint density at radius 1 is 1.27 bits per heavy atom. The maximum absolute atomic E-state index is 12.7. The summed E-state index contributed by atoms with van der Waals surface area (Å²) in [6.07, 6.45) is 6.03. The van der Waals surface area contributed by atoms with Gasteiger partial charge in [0.15, 0.2) is 4.34 Å². The Morgan fingerprint density at radius 3 is 2.73 bits per heavy atom. The number of anilines is 1. The Kier molecular flexibility index (Phi) is 6.91. The van der Waals surface area contributed by atoms with Crippen LogP contribution in [0.3, 0.4) is 0 Å². The minimum atomic E-state index is -0.142. The fourth-order valence-corrected chi connectivity index (χ4v) is 5.23. The number of aromatic nitrogens is 2. The summed E-state index contributed by atoms with van der Waals surface area (Å²) in [4.78, 5) is 14.7. The number of thioether (sulfide) groups is 1. The molecule has 2 aromatic rings. The number of hydrogen-bond donors (Lipinski definition) is 1. The van der Waals surface area contributed by atoms with Crippen LogP contribution in [0.4, 0.5) is 5.13 Å². The predicted octanol–water partition coefficient (Wildman–Crippen LogP) is 4.42. The predicted molar refractivity (Wildman–Crippen MR) is 109 cm³/mol. The third kappa shape index (κ3) is 5.20. The molecular formula is C19H26N4OS2. The van der Waals surface area contributed by atoms with Crippen molar-refractivity contribution in [2.75, 3.05) is 12.4 Å². The summed E-state index contributed by atoms with van der Waals surface area (Å²) in [6.45, 7) is 2.68. The minimum absolute atomic E-state index is 0.142. The van der Waals surface area contributed by atoms with Gasteiger partial charge in [0.1, 0.15) is 0 Å². The average Bonchev–Trinajstić information content (AvgIpc) is 3.14. The lowest BCUT2D eigenvalue weighted by Crippen LogP contribution is -2.42. The molecule has 3 rings (SSSR count). The van der Waals surface area contributed by atoms with Gasteiger partial charge in [-0.1, -0.05) is 72.7 Å². The first-order chi connectivity index (χ1) is 12.6. The van der Waals surface area contributed by atoms with E-state index in [9.17, 15) is 4.79 Å². The van der Waals surface area contributed by atoms with E-state index in [2.05, 4.69) is 27.6 Å². The quantitative estimate of drug-likeness (QED) is 0.709. The number of carbonyl (C=O) groups excluding carboxylic acids is 1. The first-order valence-electron chi connectivity index (χ1n) is 9.18. The van der Waals surface area contributed by atoms with Crippen molar-refractivity contribution in [1.82, 2.24) is 15.1 Å². The molecule has 5 nitrogen and oxygen atoms in total. The molecule has 1 heterocycles. The number of nitrogens with one attached hydrogen (secondary N) is 1. The van der Waals surface area contributed by atoms with Crippen LogP contribution in [-0.4, -0.2) is 39.3 Å². The highest BCUT2D eigenvalue weighted by molar-refractivity contribution is 8.02. The zero-order chi connectivity index (χ0) is 18.4. The second kappa shape index (κ2) is 9.37. The molecule has 0 spiro atoms.